The predicted molar refractivity (Wildman–Crippen MR) is 48.2 cm³/mol. The van der Waals surface area contributed by atoms with Crippen molar-refractivity contribution in [2.75, 3.05) is 0 Å². The molecule has 5 heteroatoms. The van der Waals surface area contributed by atoms with Crippen LogP contribution in [0.5, 0.6) is 0 Å². The van der Waals surface area contributed by atoms with Crippen LogP contribution in [0.4, 0.5) is 10.1 Å². The molecule has 4 nitrogen and oxygen atoms in total. The molecule has 0 fully saturated rings. The summed E-state index contributed by atoms with van der Waals surface area (Å²) < 4.78 is 13.0. The molecular weight excluding hydrogens is 189 g/mol. The highest BCUT2D eigenvalue weighted by molar-refractivity contribution is 5.44. The molecule has 0 saturated heterocycles. The van der Waals surface area contributed by atoms with Crippen LogP contribution in [-0.4, -0.2) is 10.0 Å². The quantitative estimate of drug-likeness (QED) is 0.457. The molecule has 0 amide bonds. The van der Waals surface area contributed by atoms with Gasteiger partial charge in [0.05, 0.1) is 10.5 Å². The summed E-state index contributed by atoms with van der Waals surface area (Å²) in [5.41, 5.74) is -0.801. The predicted octanol–water partition coefficient (Wildman–Crippen LogP) is 1.95. The number of para-hydroxylation sites is 1. The third-order valence-corrected chi connectivity index (χ3v) is 1.74. The van der Waals surface area contributed by atoms with Gasteiger partial charge in [0.1, 0.15) is 6.10 Å². The van der Waals surface area contributed by atoms with Gasteiger partial charge in [-0.1, -0.05) is 12.1 Å². The average molecular weight is 197 g/mol. The summed E-state index contributed by atoms with van der Waals surface area (Å²) in [5.74, 6) is -0.964. The Morgan fingerprint density at radius 1 is 1.64 bits per heavy atom. The fourth-order valence-electron chi connectivity index (χ4n) is 1.09. The summed E-state index contributed by atoms with van der Waals surface area (Å²) in [7, 11) is 0. The lowest BCUT2D eigenvalue weighted by Crippen LogP contribution is -2.02. The maximum Gasteiger partial charge on any atom is 0.310 e. The average Bonchev–Trinajstić information content (AvgIpc) is 2.15. The maximum atomic E-state index is 13.0. The van der Waals surface area contributed by atoms with Gasteiger partial charge in [0.15, 0.2) is 0 Å². The Kier molecular flexibility index (Phi) is 2.93. The van der Waals surface area contributed by atoms with Crippen molar-refractivity contribution in [1.29, 1.82) is 0 Å². The summed E-state index contributed by atoms with van der Waals surface area (Å²) in [6.45, 7) is 3.27. The highest BCUT2D eigenvalue weighted by Crippen LogP contribution is 2.28. The fraction of sp³-hybridized carbons (Fsp3) is 0.111. The molecule has 1 N–H and O–H groups in total. The minimum atomic E-state index is -1.23. The highest BCUT2D eigenvalue weighted by atomic mass is 19.1. The van der Waals surface area contributed by atoms with E-state index in [4.69, 9.17) is 0 Å². The van der Waals surface area contributed by atoms with Crippen molar-refractivity contribution >= 4 is 5.69 Å². The first-order chi connectivity index (χ1) is 6.57. The Morgan fingerprint density at radius 3 is 2.79 bits per heavy atom. The largest absolute Gasteiger partial charge is 0.384 e. The van der Waals surface area contributed by atoms with E-state index in [1.807, 2.05) is 0 Å². The lowest BCUT2D eigenvalue weighted by Gasteiger charge is -2.06. The van der Waals surface area contributed by atoms with Gasteiger partial charge >= 0.3 is 5.69 Å². The first-order valence-electron chi connectivity index (χ1n) is 3.81. The fourth-order valence-corrected chi connectivity index (χ4v) is 1.09. The zero-order valence-electron chi connectivity index (χ0n) is 7.18. The van der Waals surface area contributed by atoms with Crippen molar-refractivity contribution in [2.45, 2.75) is 6.10 Å². The van der Waals surface area contributed by atoms with E-state index in [-0.39, 0.29) is 5.56 Å². The van der Waals surface area contributed by atoms with Crippen molar-refractivity contribution in [3.05, 3.63) is 52.3 Å². The molecule has 1 unspecified atom stereocenters. The first kappa shape index (κ1) is 10.3. The van der Waals surface area contributed by atoms with Gasteiger partial charge in [-0.05, 0) is 12.1 Å². The van der Waals surface area contributed by atoms with E-state index in [2.05, 4.69) is 6.58 Å². The molecule has 0 aliphatic heterocycles. The number of nitro groups is 1. The Labute approximate surface area is 79.4 Å². The van der Waals surface area contributed by atoms with Gasteiger partial charge < -0.3 is 5.11 Å². The lowest BCUT2D eigenvalue weighted by atomic mass is 10.1. The normalized spacial score (nSPS) is 12.1. The summed E-state index contributed by atoms with van der Waals surface area (Å²) in [6, 6.07) is 3.55. The molecule has 0 bridgehead atoms. The summed E-state index contributed by atoms with van der Waals surface area (Å²) >= 11 is 0. The number of benzene rings is 1. The van der Waals surface area contributed by atoms with Crippen LogP contribution in [0.2, 0.25) is 0 Å². The second-order valence-electron chi connectivity index (χ2n) is 2.62. The van der Waals surface area contributed by atoms with E-state index < -0.39 is 22.5 Å². The van der Waals surface area contributed by atoms with Crippen LogP contribution >= 0.6 is 0 Å². The first-order valence-corrected chi connectivity index (χ1v) is 3.81. The molecule has 0 aliphatic rings. The number of nitro benzene ring substituents is 1. The molecular formula is C9H8FNO3. The van der Waals surface area contributed by atoms with Crippen molar-refractivity contribution in [2.24, 2.45) is 0 Å². The zero-order chi connectivity index (χ0) is 10.7. The highest BCUT2D eigenvalue weighted by Gasteiger charge is 2.22. The smallest absolute Gasteiger partial charge is 0.310 e. The lowest BCUT2D eigenvalue weighted by molar-refractivity contribution is -0.388. The van der Waals surface area contributed by atoms with E-state index in [9.17, 15) is 19.6 Å². The Hall–Kier alpha value is -1.75. The van der Waals surface area contributed by atoms with Gasteiger partial charge in [-0.3, -0.25) is 10.1 Å². The van der Waals surface area contributed by atoms with Gasteiger partial charge in [0, 0.05) is 0 Å². The Morgan fingerprint density at radius 2 is 2.29 bits per heavy atom. The van der Waals surface area contributed by atoms with E-state index in [0.717, 1.165) is 12.1 Å². The van der Waals surface area contributed by atoms with Crippen LogP contribution < -0.4 is 0 Å². The van der Waals surface area contributed by atoms with E-state index in [0.29, 0.717) is 0 Å². The van der Waals surface area contributed by atoms with Crippen LogP contribution in [0.1, 0.15) is 11.7 Å². The van der Waals surface area contributed by atoms with Crippen molar-refractivity contribution in [1.82, 2.24) is 0 Å². The zero-order valence-corrected chi connectivity index (χ0v) is 7.18. The molecule has 74 valence electrons. The molecule has 1 rings (SSSR count). The van der Waals surface area contributed by atoms with Crippen LogP contribution in [-0.2, 0) is 0 Å². The van der Waals surface area contributed by atoms with Crippen molar-refractivity contribution in [3.8, 4) is 0 Å². The molecule has 0 aromatic heterocycles. The Bertz CT molecular complexity index is 378. The molecule has 1 atom stereocenters. The standard InChI is InChI=1S/C9H8FNO3/c1-2-8(12)6-4-3-5-7(10)9(6)11(13)14/h2-5,8,12H,1H2. The van der Waals surface area contributed by atoms with E-state index in [1.165, 1.54) is 12.1 Å². The summed E-state index contributed by atoms with van der Waals surface area (Å²) in [4.78, 5) is 9.62. The van der Waals surface area contributed by atoms with Gasteiger partial charge in [-0.25, -0.2) is 0 Å². The Balaban J connectivity index is 3.35. The second-order valence-corrected chi connectivity index (χ2v) is 2.62. The topological polar surface area (TPSA) is 63.4 Å². The van der Waals surface area contributed by atoms with Gasteiger partial charge in [-0.2, -0.15) is 4.39 Å². The van der Waals surface area contributed by atoms with E-state index >= 15 is 0 Å². The molecule has 0 heterocycles. The van der Waals surface area contributed by atoms with Crippen molar-refractivity contribution in [3.63, 3.8) is 0 Å². The number of hydrogen-bond acceptors (Lipinski definition) is 3. The number of aliphatic hydroxyl groups excluding tert-OH is 1. The van der Waals surface area contributed by atoms with Gasteiger partial charge in [0.2, 0.25) is 5.82 Å². The number of aliphatic hydroxyl groups is 1. The molecule has 1 aromatic rings. The van der Waals surface area contributed by atoms with Crippen molar-refractivity contribution < 1.29 is 14.4 Å². The minimum absolute atomic E-state index is 0.0926. The van der Waals surface area contributed by atoms with Gasteiger partial charge in [-0.15, -0.1) is 6.58 Å². The molecule has 0 radical (unpaired) electrons. The number of rotatable bonds is 3. The SMILES string of the molecule is C=CC(O)c1cccc(F)c1[N+](=O)[O-]. The third-order valence-electron chi connectivity index (χ3n) is 1.74. The molecule has 1 aromatic carbocycles. The summed E-state index contributed by atoms with van der Waals surface area (Å²) in [6.07, 6.45) is -0.131. The van der Waals surface area contributed by atoms with Crippen LogP contribution in [0.3, 0.4) is 0 Å². The number of hydrogen-bond donors (Lipinski definition) is 1. The maximum absolute atomic E-state index is 13.0. The number of nitrogens with zero attached hydrogens (tertiary/aromatic N) is 1. The summed E-state index contributed by atoms with van der Waals surface area (Å²) in [5, 5.41) is 19.8. The van der Waals surface area contributed by atoms with Crippen LogP contribution in [0, 0.1) is 15.9 Å². The molecule has 0 saturated carbocycles. The van der Waals surface area contributed by atoms with E-state index in [1.54, 1.807) is 0 Å². The number of halogens is 1. The van der Waals surface area contributed by atoms with Crippen LogP contribution in [0.15, 0.2) is 30.9 Å². The third kappa shape index (κ3) is 1.77. The molecule has 14 heavy (non-hydrogen) atoms. The molecule has 0 spiro atoms. The monoisotopic (exact) mass is 197 g/mol. The van der Waals surface area contributed by atoms with Crippen LogP contribution in [0.25, 0.3) is 0 Å². The second kappa shape index (κ2) is 3.97. The molecule has 0 aliphatic carbocycles. The van der Waals surface area contributed by atoms with Gasteiger partial charge in [0.25, 0.3) is 0 Å². The minimum Gasteiger partial charge on any atom is -0.384 e.